The maximum Gasteiger partial charge on any atom is 0.329 e. The van der Waals surface area contributed by atoms with Gasteiger partial charge < -0.3 is 38.7 Å². The van der Waals surface area contributed by atoms with Crippen LogP contribution >= 0.6 is 68.4 Å². The molecule has 0 aliphatic heterocycles. The van der Waals surface area contributed by atoms with Crippen molar-refractivity contribution in [1.29, 1.82) is 0 Å². The van der Waals surface area contributed by atoms with Crippen LogP contribution in [0.4, 0.5) is 11.4 Å². The Morgan fingerprint density at radius 3 is 1.40 bits per heavy atom. The third-order valence-electron chi connectivity index (χ3n) is 5.07. The van der Waals surface area contributed by atoms with Gasteiger partial charge in [0.15, 0.2) is 1.43 Å². The van der Waals surface area contributed by atoms with Gasteiger partial charge >= 0.3 is 5.97 Å². The summed E-state index contributed by atoms with van der Waals surface area (Å²) >= 11 is 15.5. The molecule has 0 aromatic heterocycles. The third-order valence-corrected chi connectivity index (χ3v) is 8.03. The third kappa shape index (κ3) is 17.4. The first-order valence-corrected chi connectivity index (χ1v) is 15.7. The van der Waals surface area contributed by atoms with Gasteiger partial charge in [0.05, 0.1) is 0 Å². The summed E-state index contributed by atoms with van der Waals surface area (Å²) in [7, 11) is 0. The number of unbranched alkanes of at least 4 members (excludes halogenated alkanes) is 3. The van der Waals surface area contributed by atoms with E-state index in [1.54, 1.807) is 48.5 Å². The molecule has 16 heteroatoms. The van der Waals surface area contributed by atoms with E-state index in [-0.39, 0.29) is 23.8 Å². The van der Waals surface area contributed by atoms with Gasteiger partial charge in [-0.1, -0.05) is 88.1 Å². The number of aliphatic imine (C=N–C) groups is 4. The number of carbonyl (C=O) groups is 1. The molecule has 0 fully saturated rings. The first kappa shape index (κ1) is 37.5. The summed E-state index contributed by atoms with van der Waals surface area (Å²) in [5.41, 5.74) is 24.8. The maximum atomic E-state index is 10.2. The van der Waals surface area contributed by atoms with Gasteiger partial charge in [0.25, 0.3) is 0 Å². The van der Waals surface area contributed by atoms with Crippen molar-refractivity contribution in [2.75, 3.05) is 23.7 Å². The van der Waals surface area contributed by atoms with Crippen molar-refractivity contribution < 1.29 is 9.90 Å². The molecule has 2 aromatic carbocycles. The summed E-state index contributed by atoms with van der Waals surface area (Å²) in [6.45, 7) is 2.98. The second-order valence-corrected chi connectivity index (χ2v) is 15.1. The zero-order valence-corrected chi connectivity index (χ0v) is 28.9. The SMILES string of the molecule is CCC(I)(I)C(=O)O.NC(=NCCCCCCN=C(N)N=C(N)Nc1ccc(Cl)cc1)N=C(N)Nc1ccc(Cl)cc1. The molecule has 230 valence electrons. The van der Waals surface area contributed by atoms with Crippen molar-refractivity contribution in [3.05, 3.63) is 58.6 Å². The lowest BCUT2D eigenvalue weighted by Gasteiger charge is -2.09. The molecule has 0 aliphatic carbocycles. The summed E-state index contributed by atoms with van der Waals surface area (Å²) < 4.78 is -0.602. The molecule has 0 radical (unpaired) electrons. The Balaban J connectivity index is 0.000000962. The number of hydrogen-bond acceptors (Lipinski definition) is 3. The number of aliphatic carboxylic acids is 1. The highest BCUT2D eigenvalue weighted by atomic mass is 127. The number of hydrogen-bond donors (Lipinski definition) is 7. The van der Waals surface area contributed by atoms with E-state index in [1.807, 2.05) is 52.1 Å². The van der Waals surface area contributed by atoms with Gasteiger partial charge in [-0.3, -0.25) is 9.98 Å². The second-order valence-electron chi connectivity index (χ2n) is 8.52. The van der Waals surface area contributed by atoms with Crippen LogP contribution in [0.1, 0.15) is 39.0 Å². The predicted molar refractivity (Wildman–Crippen MR) is 194 cm³/mol. The van der Waals surface area contributed by atoms with E-state index < -0.39 is 7.40 Å². The summed E-state index contributed by atoms with van der Waals surface area (Å²) in [4.78, 5) is 26.7. The van der Waals surface area contributed by atoms with Crippen LogP contribution in [-0.2, 0) is 4.79 Å². The van der Waals surface area contributed by atoms with Crippen molar-refractivity contribution in [2.24, 2.45) is 42.9 Å². The van der Waals surface area contributed by atoms with E-state index in [0.29, 0.717) is 29.6 Å². The fraction of sp³-hybridized carbons (Fsp3) is 0.346. The maximum absolute atomic E-state index is 10.2. The summed E-state index contributed by atoms with van der Waals surface area (Å²) in [5, 5.41) is 15.5. The number of halogens is 4. The van der Waals surface area contributed by atoms with Crippen LogP contribution in [0.2, 0.25) is 10.0 Å². The van der Waals surface area contributed by atoms with E-state index >= 15 is 0 Å². The molecule has 11 N–H and O–H groups in total. The van der Waals surface area contributed by atoms with Gasteiger partial charge in [-0.2, -0.15) is 9.98 Å². The number of alkyl halides is 2. The lowest BCUT2D eigenvalue weighted by Crippen LogP contribution is -2.26. The molecule has 2 rings (SSSR count). The minimum Gasteiger partial charge on any atom is -0.480 e. The van der Waals surface area contributed by atoms with Crippen molar-refractivity contribution in [3.8, 4) is 0 Å². The highest BCUT2D eigenvalue weighted by molar-refractivity contribution is 14.2. The van der Waals surface area contributed by atoms with E-state index in [2.05, 4.69) is 30.6 Å². The number of guanidine groups is 4. The molecule has 0 unspecified atom stereocenters. The quantitative estimate of drug-likeness (QED) is 0.0511. The van der Waals surface area contributed by atoms with Crippen LogP contribution in [0.5, 0.6) is 0 Å². The minimum atomic E-state index is -0.749. The average Bonchev–Trinajstić information content (AvgIpc) is 2.92. The normalized spacial score (nSPS) is 12.8. The number of benzene rings is 2. The summed E-state index contributed by atoms with van der Waals surface area (Å²) in [5.74, 6) is -0.185. The summed E-state index contributed by atoms with van der Waals surface area (Å²) in [6.07, 6.45) is 4.34. The van der Waals surface area contributed by atoms with Gasteiger partial charge in [-0.25, -0.2) is 4.79 Å². The van der Waals surface area contributed by atoms with Gasteiger partial charge in [-0.15, -0.1) is 0 Å². The molecular weight excluding hydrogens is 809 g/mol. The Morgan fingerprint density at radius 2 is 1.12 bits per heavy atom. The first-order valence-electron chi connectivity index (χ1n) is 12.8. The number of carboxylic acids is 1. The minimum absolute atomic E-state index is 0.124. The number of nitrogens with two attached hydrogens (primary N) is 4. The smallest absolute Gasteiger partial charge is 0.329 e. The van der Waals surface area contributed by atoms with E-state index in [9.17, 15) is 4.79 Å². The largest absolute Gasteiger partial charge is 0.480 e. The van der Waals surface area contributed by atoms with Crippen molar-refractivity contribution in [2.45, 2.75) is 40.5 Å². The zero-order chi connectivity index (χ0) is 31.5. The molecule has 0 saturated heterocycles. The topological polar surface area (TPSA) is 215 Å². The number of nitrogens with zero attached hydrogens (tertiary/aromatic N) is 4. The molecule has 0 amide bonds. The van der Waals surface area contributed by atoms with Gasteiger partial charge in [0.1, 0.15) is 0 Å². The van der Waals surface area contributed by atoms with Gasteiger partial charge in [-0.05, 0) is 67.8 Å². The molecular formula is C26H36Cl2I2N10O2. The van der Waals surface area contributed by atoms with Crippen LogP contribution in [0.25, 0.3) is 0 Å². The summed E-state index contributed by atoms with van der Waals surface area (Å²) in [6, 6.07) is 14.1. The van der Waals surface area contributed by atoms with Crippen LogP contribution in [0, 0.1) is 0 Å². The fourth-order valence-corrected chi connectivity index (χ4v) is 3.10. The molecule has 0 spiro atoms. The van der Waals surface area contributed by atoms with E-state index in [0.717, 1.165) is 37.1 Å². The number of nitrogens with one attached hydrogen (secondary N) is 2. The number of anilines is 2. The molecule has 12 nitrogen and oxygen atoms in total. The highest BCUT2D eigenvalue weighted by Crippen LogP contribution is 2.31. The molecule has 0 heterocycles. The standard InChI is InChI=1S/C22H30Cl2N10.C4H6I2O2/c23-15-5-9-17(10-6-15)31-21(27)33-19(25)29-13-3-1-2-4-14-30-20(26)34-22(28)32-18-11-7-16(24)8-12-18;1-2-4(5,6)3(7)8/h5-12H,1-4,13-14H2,(H5,25,27,29,31,33)(H5,26,28,30,32,34);2H2,1H3,(H,7,8). The number of carboxylic acid groups (broad SMARTS) is 1. The predicted octanol–water partition coefficient (Wildman–Crippen LogP) is 5.38. The molecule has 0 bridgehead atoms. The Morgan fingerprint density at radius 1 is 0.762 bits per heavy atom. The van der Waals surface area contributed by atoms with Crippen LogP contribution < -0.4 is 33.6 Å². The van der Waals surface area contributed by atoms with Crippen LogP contribution in [-0.4, -0.2) is 49.4 Å². The van der Waals surface area contributed by atoms with E-state index in [4.69, 9.17) is 51.2 Å². The van der Waals surface area contributed by atoms with E-state index in [1.165, 1.54) is 0 Å². The molecule has 42 heavy (non-hydrogen) atoms. The zero-order valence-electron chi connectivity index (χ0n) is 23.0. The highest BCUT2D eigenvalue weighted by Gasteiger charge is 2.28. The van der Waals surface area contributed by atoms with Crippen LogP contribution in [0.3, 0.4) is 0 Å². The monoisotopic (exact) mass is 844 g/mol. The Labute approximate surface area is 283 Å². The fourth-order valence-electron chi connectivity index (χ4n) is 2.85. The molecule has 0 aliphatic rings. The average molecular weight is 845 g/mol. The second kappa shape index (κ2) is 20.4. The first-order chi connectivity index (χ1) is 19.8. The van der Waals surface area contributed by atoms with Crippen molar-refractivity contribution in [1.82, 2.24) is 0 Å². The lowest BCUT2D eigenvalue weighted by molar-refractivity contribution is -0.136. The van der Waals surface area contributed by atoms with Crippen molar-refractivity contribution >= 4 is 110 Å². The van der Waals surface area contributed by atoms with Crippen molar-refractivity contribution in [3.63, 3.8) is 0 Å². The Kier molecular flexibility index (Phi) is 18.2. The van der Waals surface area contributed by atoms with Gasteiger partial charge in [0, 0.05) is 34.5 Å². The van der Waals surface area contributed by atoms with Crippen LogP contribution in [0.15, 0.2) is 68.5 Å². The Hall–Kier alpha value is -2.57. The molecule has 2 aromatic rings. The van der Waals surface area contributed by atoms with Gasteiger partial charge in [0.2, 0.25) is 23.8 Å². The molecule has 0 atom stereocenters. The lowest BCUT2D eigenvalue weighted by atomic mass is 10.2. The Bertz CT molecular complexity index is 1160. The molecule has 0 saturated carbocycles. The number of rotatable bonds is 11.